The van der Waals surface area contributed by atoms with Gasteiger partial charge in [-0.3, -0.25) is 14.7 Å². The van der Waals surface area contributed by atoms with E-state index in [4.69, 9.17) is 0 Å². The van der Waals surface area contributed by atoms with Gasteiger partial charge in [-0.15, -0.1) is 0 Å². The molecule has 2 heterocycles. The van der Waals surface area contributed by atoms with Crippen molar-refractivity contribution in [2.75, 3.05) is 10.6 Å². The highest BCUT2D eigenvalue weighted by Crippen LogP contribution is 2.28. The van der Waals surface area contributed by atoms with Crippen LogP contribution in [0, 0.1) is 6.92 Å². The molecule has 3 N–H and O–H groups in total. The van der Waals surface area contributed by atoms with E-state index < -0.39 is 0 Å². The molecule has 0 bridgehead atoms. The lowest BCUT2D eigenvalue weighted by Gasteiger charge is -2.08. The van der Waals surface area contributed by atoms with Gasteiger partial charge in [0.2, 0.25) is 5.91 Å². The monoisotopic (exact) mass is 382 g/mol. The Bertz CT molecular complexity index is 984. The molecule has 0 aliphatic carbocycles. The highest BCUT2D eigenvalue weighted by molar-refractivity contribution is 7.99. The van der Waals surface area contributed by atoms with E-state index in [-0.39, 0.29) is 11.7 Å². The van der Waals surface area contributed by atoms with Crippen LogP contribution in [0.4, 0.5) is 17.3 Å². The number of aromatic nitrogens is 4. The Kier molecular flexibility index (Phi) is 5.51. The SMILES string of the molecule is CC(=O)Nc1ccc(Sc2nc(Nc3cc(C)[nH]n3)cc(C(C)=O)n2)cc1. The molecule has 8 nitrogen and oxygen atoms in total. The van der Waals surface area contributed by atoms with E-state index in [9.17, 15) is 9.59 Å². The van der Waals surface area contributed by atoms with Crippen molar-refractivity contribution in [2.45, 2.75) is 30.8 Å². The van der Waals surface area contributed by atoms with Crippen LogP contribution in [-0.2, 0) is 4.79 Å². The fourth-order valence-corrected chi connectivity index (χ4v) is 3.01. The molecule has 27 heavy (non-hydrogen) atoms. The van der Waals surface area contributed by atoms with Crippen molar-refractivity contribution in [3.8, 4) is 0 Å². The molecule has 9 heteroatoms. The van der Waals surface area contributed by atoms with Crippen LogP contribution in [0.5, 0.6) is 0 Å². The minimum atomic E-state index is -0.151. The predicted molar refractivity (Wildman–Crippen MR) is 104 cm³/mol. The summed E-state index contributed by atoms with van der Waals surface area (Å²) in [6.07, 6.45) is 0. The number of anilines is 3. The van der Waals surface area contributed by atoms with Crippen molar-refractivity contribution < 1.29 is 9.59 Å². The van der Waals surface area contributed by atoms with Crippen molar-refractivity contribution in [3.05, 3.63) is 47.8 Å². The van der Waals surface area contributed by atoms with Gasteiger partial charge in [0.25, 0.3) is 0 Å². The molecule has 0 radical (unpaired) electrons. The van der Waals surface area contributed by atoms with E-state index in [0.717, 1.165) is 10.6 Å². The van der Waals surface area contributed by atoms with E-state index in [1.54, 1.807) is 18.2 Å². The van der Waals surface area contributed by atoms with Crippen LogP contribution < -0.4 is 10.6 Å². The van der Waals surface area contributed by atoms with Crippen molar-refractivity contribution in [1.82, 2.24) is 20.2 Å². The van der Waals surface area contributed by atoms with Crippen molar-refractivity contribution in [2.24, 2.45) is 0 Å². The van der Waals surface area contributed by atoms with Crippen LogP contribution in [0.2, 0.25) is 0 Å². The maximum Gasteiger partial charge on any atom is 0.221 e. The average molecular weight is 382 g/mol. The molecule has 0 aliphatic rings. The first-order valence-electron chi connectivity index (χ1n) is 8.13. The number of carbonyl (C=O) groups is 2. The molecule has 138 valence electrons. The lowest BCUT2D eigenvalue weighted by Crippen LogP contribution is -2.05. The van der Waals surface area contributed by atoms with Gasteiger partial charge in [-0.25, -0.2) is 9.97 Å². The number of amides is 1. The summed E-state index contributed by atoms with van der Waals surface area (Å²) in [6, 6.07) is 10.7. The summed E-state index contributed by atoms with van der Waals surface area (Å²) < 4.78 is 0. The van der Waals surface area contributed by atoms with Gasteiger partial charge in [0.05, 0.1) is 0 Å². The number of ketones is 1. The Balaban J connectivity index is 1.83. The van der Waals surface area contributed by atoms with Crippen molar-refractivity contribution in [3.63, 3.8) is 0 Å². The van der Waals surface area contributed by atoms with Crippen LogP contribution >= 0.6 is 11.8 Å². The number of hydrogen-bond donors (Lipinski definition) is 3. The molecule has 1 aromatic carbocycles. The zero-order chi connectivity index (χ0) is 19.4. The van der Waals surface area contributed by atoms with Gasteiger partial charge in [0.1, 0.15) is 11.5 Å². The van der Waals surface area contributed by atoms with E-state index in [2.05, 4.69) is 30.8 Å². The molecular weight excluding hydrogens is 364 g/mol. The Morgan fingerprint density at radius 3 is 2.37 bits per heavy atom. The molecule has 3 rings (SSSR count). The number of aromatic amines is 1. The number of nitrogens with zero attached hydrogens (tertiary/aromatic N) is 3. The van der Waals surface area contributed by atoms with E-state index in [1.165, 1.54) is 25.6 Å². The minimum absolute atomic E-state index is 0.128. The fraction of sp³-hybridized carbons (Fsp3) is 0.167. The van der Waals surface area contributed by atoms with Crippen molar-refractivity contribution in [1.29, 1.82) is 0 Å². The molecule has 3 aromatic rings. The van der Waals surface area contributed by atoms with Gasteiger partial charge >= 0.3 is 0 Å². The van der Waals surface area contributed by atoms with Crippen LogP contribution in [0.3, 0.4) is 0 Å². The van der Waals surface area contributed by atoms with Gasteiger partial charge in [-0.05, 0) is 43.0 Å². The van der Waals surface area contributed by atoms with Gasteiger partial charge in [0.15, 0.2) is 16.8 Å². The maximum absolute atomic E-state index is 11.8. The van der Waals surface area contributed by atoms with E-state index in [0.29, 0.717) is 28.2 Å². The molecule has 0 saturated carbocycles. The number of Topliss-reactive ketones (excluding diaryl/α,β-unsaturated/α-hetero) is 1. The number of aryl methyl sites for hydroxylation is 1. The normalized spacial score (nSPS) is 10.5. The summed E-state index contributed by atoms with van der Waals surface area (Å²) in [5.41, 5.74) is 1.94. The number of hydrogen-bond acceptors (Lipinski definition) is 7. The van der Waals surface area contributed by atoms with Gasteiger partial charge in [-0.2, -0.15) is 5.10 Å². The van der Waals surface area contributed by atoms with Crippen molar-refractivity contribution >= 4 is 40.8 Å². The first-order chi connectivity index (χ1) is 12.9. The molecule has 0 saturated heterocycles. The largest absolute Gasteiger partial charge is 0.326 e. The summed E-state index contributed by atoms with van der Waals surface area (Å²) in [5, 5.41) is 13.2. The second-order valence-corrected chi connectivity index (χ2v) is 6.89. The smallest absolute Gasteiger partial charge is 0.221 e. The third kappa shape index (κ3) is 5.14. The van der Waals surface area contributed by atoms with Gasteiger partial charge < -0.3 is 10.6 Å². The Labute approximate surface area is 160 Å². The third-order valence-electron chi connectivity index (χ3n) is 3.41. The topological polar surface area (TPSA) is 113 Å². The molecule has 0 aliphatic heterocycles. The summed E-state index contributed by atoms with van der Waals surface area (Å²) in [7, 11) is 0. The third-order valence-corrected chi connectivity index (χ3v) is 4.29. The number of nitrogens with one attached hydrogen (secondary N) is 3. The average Bonchev–Trinajstić information content (AvgIpc) is 3.01. The molecule has 0 fully saturated rings. The summed E-state index contributed by atoms with van der Waals surface area (Å²) >= 11 is 1.32. The second kappa shape index (κ2) is 8.00. The lowest BCUT2D eigenvalue weighted by atomic mass is 10.3. The molecule has 0 unspecified atom stereocenters. The van der Waals surface area contributed by atoms with Crippen LogP contribution in [-0.4, -0.2) is 31.9 Å². The molecule has 0 atom stereocenters. The van der Waals surface area contributed by atoms with Crippen LogP contribution in [0.25, 0.3) is 0 Å². The Morgan fingerprint density at radius 1 is 1.04 bits per heavy atom. The highest BCUT2D eigenvalue weighted by Gasteiger charge is 2.11. The number of benzene rings is 1. The van der Waals surface area contributed by atoms with E-state index >= 15 is 0 Å². The Hall–Kier alpha value is -3.20. The number of H-pyrrole nitrogens is 1. The first-order valence-corrected chi connectivity index (χ1v) is 8.95. The Morgan fingerprint density at radius 2 is 1.78 bits per heavy atom. The molecule has 1 amide bonds. The quantitative estimate of drug-likeness (QED) is 0.441. The summed E-state index contributed by atoms with van der Waals surface area (Å²) in [6.45, 7) is 4.81. The standard InChI is InChI=1S/C18H18N6O2S/c1-10-8-17(24-23-10)21-16-9-15(11(2)25)20-18(22-16)27-14-6-4-13(5-7-14)19-12(3)26/h4-9H,1-3H3,(H,19,26)(H2,20,21,22,23,24). The number of carbonyl (C=O) groups excluding carboxylic acids is 2. The maximum atomic E-state index is 11.8. The van der Waals surface area contributed by atoms with Gasteiger partial charge in [0, 0.05) is 42.3 Å². The predicted octanol–water partition coefficient (Wildman–Crippen LogP) is 3.56. The molecule has 2 aromatic heterocycles. The summed E-state index contributed by atoms with van der Waals surface area (Å²) in [5.74, 6) is 0.814. The zero-order valence-electron chi connectivity index (χ0n) is 15.0. The lowest BCUT2D eigenvalue weighted by molar-refractivity contribution is -0.114. The fourth-order valence-electron chi connectivity index (χ4n) is 2.24. The molecule has 0 spiro atoms. The van der Waals surface area contributed by atoms with Crippen LogP contribution in [0.15, 0.2) is 46.5 Å². The molecular formula is C18H18N6O2S. The van der Waals surface area contributed by atoms with Crippen LogP contribution in [0.1, 0.15) is 30.0 Å². The van der Waals surface area contributed by atoms with Gasteiger partial charge in [-0.1, -0.05) is 0 Å². The summed E-state index contributed by atoms with van der Waals surface area (Å²) in [4.78, 5) is 32.6. The number of rotatable bonds is 6. The second-order valence-electron chi connectivity index (χ2n) is 5.85. The minimum Gasteiger partial charge on any atom is -0.326 e. The zero-order valence-corrected chi connectivity index (χ0v) is 15.8. The highest BCUT2D eigenvalue weighted by atomic mass is 32.2. The van der Waals surface area contributed by atoms with E-state index in [1.807, 2.05) is 25.1 Å². The first kappa shape index (κ1) is 18.6.